The van der Waals surface area contributed by atoms with E-state index in [1.54, 1.807) is 18.0 Å². The van der Waals surface area contributed by atoms with Crippen molar-refractivity contribution < 1.29 is 13.2 Å². The first kappa shape index (κ1) is 14.4. The van der Waals surface area contributed by atoms with Gasteiger partial charge in [-0.15, -0.1) is 0 Å². The number of hydrogen-bond donors (Lipinski definition) is 0. The van der Waals surface area contributed by atoms with Crippen molar-refractivity contribution >= 4 is 21.6 Å². The van der Waals surface area contributed by atoms with Gasteiger partial charge in [0.1, 0.15) is 0 Å². The maximum Gasteiger partial charge on any atom is 0.418 e. The van der Waals surface area contributed by atoms with E-state index in [2.05, 4.69) is 15.9 Å². The van der Waals surface area contributed by atoms with Crippen molar-refractivity contribution in [2.24, 2.45) is 0 Å². The maximum absolute atomic E-state index is 12.9. The molecule has 0 heterocycles. The van der Waals surface area contributed by atoms with Crippen molar-refractivity contribution in [1.29, 1.82) is 0 Å². The fourth-order valence-corrected chi connectivity index (χ4v) is 1.83. The predicted molar refractivity (Wildman–Crippen MR) is 67.6 cm³/mol. The number of halogens is 4. The quantitative estimate of drug-likeness (QED) is 0.746. The Balaban J connectivity index is 3.30. The van der Waals surface area contributed by atoms with Gasteiger partial charge in [-0.05, 0) is 31.5 Å². The van der Waals surface area contributed by atoms with Crippen LogP contribution in [-0.4, -0.2) is 13.1 Å². The lowest BCUT2D eigenvalue weighted by Crippen LogP contribution is -2.28. The summed E-state index contributed by atoms with van der Waals surface area (Å²) in [5, 5.41) is 0.418. The molecule has 0 amide bonds. The van der Waals surface area contributed by atoms with Crippen LogP contribution in [0.1, 0.15) is 25.0 Å². The third kappa shape index (κ3) is 3.37. The van der Waals surface area contributed by atoms with Crippen LogP contribution >= 0.6 is 15.9 Å². The van der Waals surface area contributed by atoms with Crippen LogP contribution in [0.4, 0.5) is 18.9 Å². The largest absolute Gasteiger partial charge is 0.418 e. The van der Waals surface area contributed by atoms with E-state index in [0.717, 1.165) is 0 Å². The van der Waals surface area contributed by atoms with Gasteiger partial charge in [0.15, 0.2) is 0 Å². The predicted octanol–water partition coefficient (Wildman–Crippen LogP) is 4.44. The third-order valence-corrected chi connectivity index (χ3v) is 3.32. The molecule has 0 bridgehead atoms. The summed E-state index contributed by atoms with van der Waals surface area (Å²) in [4.78, 5) is 1.63. The lowest BCUT2D eigenvalue weighted by molar-refractivity contribution is -0.137. The van der Waals surface area contributed by atoms with E-state index < -0.39 is 11.7 Å². The van der Waals surface area contributed by atoms with E-state index in [0.29, 0.717) is 10.9 Å². The van der Waals surface area contributed by atoms with Crippen molar-refractivity contribution in [2.75, 3.05) is 11.9 Å². The molecule has 0 fully saturated rings. The van der Waals surface area contributed by atoms with Crippen LogP contribution in [0.2, 0.25) is 0 Å². The van der Waals surface area contributed by atoms with E-state index in [-0.39, 0.29) is 11.7 Å². The van der Waals surface area contributed by atoms with Crippen molar-refractivity contribution in [3.05, 3.63) is 29.3 Å². The molecule has 0 aliphatic carbocycles. The van der Waals surface area contributed by atoms with Crippen LogP contribution in [0.25, 0.3) is 0 Å². The van der Waals surface area contributed by atoms with E-state index in [1.807, 2.05) is 13.8 Å². The summed E-state index contributed by atoms with van der Waals surface area (Å²) >= 11 is 3.17. The normalized spacial score (nSPS) is 12.0. The van der Waals surface area contributed by atoms with E-state index in [9.17, 15) is 13.2 Å². The van der Waals surface area contributed by atoms with Gasteiger partial charge in [0.05, 0.1) is 5.56 Å². The molecule has 1 aromatic rings. The summed E-state index contributed by atoms with van der Waals surface area (Å²) in [6.07, 6.45) is -4.32. The average molecular weight is 310 g/mol. The first-order valence-corrected chi connectivity index (χ1v) is 6.38. The minimum absolute atomic E-state index is 0.0194. The van der Waals surface area contributed by atoms with Crippen LogP contribution in [0.5, 0.6) is 0 Å². The molecule has 1 aromatic carbocycles. The molecule has 1 nitrogen and oxygen atoms in total. The molecule has 0 N–H and O–H groups in total. The number of rotatable bonds is 3. The van der Waals surface area contributed by atoms with Crippen molar-refractivity contribution in [3.8, 4) is 0 Å². The molecule has 0 saturated heterocycles. The van der Waals surface area contributed by atoms with E-state index in [1.165, 1.54) is 12.1 Å². The van der Waals surface area contributed by atoms with Gasteiger partial charge >= 0.3 is 6.18 Å². The summed E-state index contributed by atoms with van der Waals surface area (Å²) in [5.74, 6) is 0. The lowest BCUT2D eigenvalue weighted by atomic mass is 10.1. The second-order valence-electron chi connectivity index (χ2n) is 4.19. The highest BCUT2D eigenvalue weighted by Gasteiger charge is 2.34. The second kappa shape index (κ2) is 5.29. The number of hydrogen-bond acceptors (Lipinski definition) is 1. The Morgan fingerprint density at radius 3 is 2.29 bits per heavy atom. The molecule has 0 aromatic heterocycles. The molecule has 17 heavy (non-hydrogen) atoms. The summed E-state index contributed by atoms with van der Waals surface area (Å²) in [6, 6.07) is 4.45. The lowest BCUT2D eigenvalue weighted by Gasteiger charge is -2.27. The number of benzene rings is 1. The van der Waals surface area contributed by atoms with Crippen LogP contribution in [-0.2, 0) is 11.5 Å². The van der Waals surface area contributed by atoms with Gasteiger partial charge < -0.3 is 4.90 Å². The third-order valence-electron chi connectivity index (χ3n) is 2.68. The molecule has 0 atom stereocenters. The fraction of sp³-hybridized carbons (Fsp3) is 0.500. The van der Waals surface area contributed by atoms with Crippen LogP contribution in [0.3, 0.4) is 0 Å². The molecule has 0 spiro atoms. The zero-order valence-electron chi connectivity index (χ0n) is 9.98. The number of anilines is 1. The SMILES string of the molecule is CC(C)N(C)c1ccc(CBr)cc1C(F)(F)F. The molecule has 0 radical (unpaired) electrons. The van der Waals surface area contributed by atoms with Gasteiger partial charge in [-0.2, -0.15) is 13.2 Å². The molecular weight excluding hydrogens is 295 g/mol. The monoisotopic (exact) mass is 309 g/mol. The highest BCUT2D eigenvalue weighted by molar-refractivity contribution is 9.08. The van der Waals surface area contributed by atoms with Gasteiger partial charge in [0, 0.05) is 24.1 Å². The van der Waals surface area contributed by atoms with Crippen molar-refractivity contribution in [2.45, 2.75) is 31.4 Å². The summed E-state index contributed by atoms with van der Waals surface area (Å²) in [6.45, 7) is 3.72. The van der Waals surface area contributed by atoms with Gasteiger partial charge in [0.25, 0.3) is 0 Å². The van der Waals surface area contributed by atoms with Crippen LogP contribution in [0.15, 0.2) is 18.2 Å². The van der Waals surface area contributed by atoms with Crippen LogP contribution in [0, 0.1) is 0 Å². The first-order valence-electron chi connectivity index (χ1n) is 5.26. The van der Waals surface area contributed by atoms with Gasteiger partial charge in [-0.1, -0.05) is 22.0 Å². The minimum Gasteiger partial charge on any atom is -0.372 e. The van der Waals surface area contributed by atoms with Crippen molar-refractivity contribution in [1.82, 2.24) is 0 Å². The van der Waals surface area contributed by atoms with E-state index in [4.69, 9.17) is 0 Å². The molecule has 96 valence electrons. The topological polar surface area (TPSA) is 3.24 Å². The Morgan fingerprint density at radius 1 is 1.29 bits per heavy atom. The molecule has 0 aliphatic heterocycles. The van der Waals surface area contributed by atoms with Gasteiger partial charge in [0.2, 0.25) is 0 Å². The molecule has 1 rings (SSSR count). The number of nitrogens with zero attached hydrogens (tertiary/aromatic N) is 1. The van der Waals surface area contributed by atoms with E-state index >= 15 is 0 Å². The Hall–Kier alpha value is -0.710. The van der Waals surface area contributed by atoms with Gasteiger partial charge in [-0.25, -0.2) is 0 Å². The molecular formula is C12H15BrF3N. The molecule has 0 aliphatic rings. The second-order valence-corrected chi connectivity index (χ2v) is 4.75. The summed E-state index contributed by atoms with van der Waals surface area (Å²) < 4.78 is 38.8. The Bertz CT molecular complexity index is 388. The first-order chi connectivity index (χ1) is 7.77. The maximum atomic E-state index is 12.9. The zero-order chi connectivity index (χ0) is 13.2. The summed E-state index contributed by atoms with van der Waals surface area (Å²) in [5.41, 5.74) is 0.265. The zero-order valence-corrected chi connectivity index (χ0v) is 11.6. The Labute approximate surface area is 108 Å². The smallest absolute Gasteiger partial charge is 0.372 e. The number of alkyl halides is 4. The van der Waals surface area contributed by atoms with Gasteiger partial charge in [-0.3, -0.25) is 0 Å². The Kier molecular flexibility index (Phi) is 4.47. The standard InChI is InChI=1S/C12H15BrF3N/c1-8(2)17(3)11-5-4-9(7-13)6-10(11)12(14,15)16/h4-6,8H,7H2,1-3H3. The van der Waals surface area contributed by atoms with Crippen molar-refractivity contribution in [3.63, 3.8) is 0 Å². The molecule has 0 unspecified atom stereocenters. The average Bonchev–Trinajstić information content (AvgIpc) is 2.26. The molecule has 5 heteroatoms. The van der Waals surface area contributed by atoms with Crippen LogP contribution < -0.4 is 4.90 Å². The summed E-state index contributed by atoms with van der Waals surface area (Å²) in [7, 11) is 1.67. The molecule has 0 saturated carbocycles. The highest BCUT2D eigenvalue weighted by Crippen LogP contribution is 2.37. The minimum atomic E-state index is -4.32. The highest BCUT2D eigenvalue weighted by atomic mass is 79.9. The fourth-order valence-electron chi connectivity index (χ4n) is 1.48. The Morgan fingerprint density at radius 2 is 1.88 bits per heavy atom.